The molecule has 0 fully saturated rings. The van der Waals surface area contributed by atoms with Crippen molar-refractivity contribution in [1.29, 1.82) is 0 Å². The van der Waals surface area contributed by atoms with E-state index < -0.39 is 11.7 Å². The number of rotatable bonds is 2. The summed E-state index contributed by atoms with van der Waals surface area (Å²) in [7, 11) is 0. The van der Waals surface area contributed by atoms with Crippen LogP contribution in [0.4, 0.5) is 13.2 Å². The summed E-state index contributed by atoms with van der Waals surface area (Å²) in [4.78, 5) is 0. The third-order valence-corrected chi connectivity index (χ3v) is 2.44. The summed E-state index contributed by atoms with van der Waals surface area (Å²) in [5.41, 5.74) is 2.83. The molecule has 0 spiro atoms. The van der Waals surface area contributed by atoms with Gasteiger partial charge in [-0.05, 0) is 27.7 Å². The van der Waals surface area contributed by atoms with E-state index in [0.717, 1.165) is 6.92 Å². The van der Waals surface area contributed by atoms with Gasteiger partial charge in [-0.25, -0.2) is 0 Å². The highest BCUT2D eigenvalue weighted by atomic mass is 19.4. The molecular formula is C9H15F3N4. The van der Waals surface area contributed by atoms with E-state index in [1.165, 1.54) is 4.57 Å². The highest BCUT2D eigenvalue weighted by Gasteiger charge is 2.53. The lowest BCUT2D eigenvalue weighted by molar-refractivity contribution is -0.187. The predicted octanol–water partition coefficient (Wildman–Crippen LogP) is 1.90. The topological polar surface area (TPSA) is 56.7 Å². The summed E-state index contributed by atoms with van der Waals surface area (Å²) in [6.45, 7) is 6.01. The van der Waals surface area contributed by atoms with Gasteiger partial charge in [0, 0.05) is 6.04 Å². The molecule has 0 bridgehead atoms. The molecule has 0 aliphatic rings. The third kappa shape index (κ3) is 1.91. The van der Waals surface area contributed by atoms with E-state index in [1.807, 2.05) is 0 Å². The Balaban J connectivity index is 3.34. The van der Waals surface area contributed by atoms with Gasteiger partial charge in [0.2, 0.25) is 0 Å². The molecule has 0 saturated carbocycles. The van der Waals surface area contributed by atoms with Gasteiger partial charge in [0.15, 0.2) is 11.4 Å². The second-order valence-electron chi connectivity index (χ2n) is 4.23. The van der Waals surface area contributed by atoms with Crippen LogP contribution in [0.5, 0.6) is 0 Å². The van der Waals surface area contributed by atoms with Crippen LogP contribution in [0.2, 0.25) is 0 Å². The van der Waals surface area contributed by atoms with Gasteiger partial charge in [-0.1, -0.05) is 0 Å². The van der Waals surface area contributed by atoms with E-state index >= 15 is 0 Å². The number of aromatic nitrogens is 3. The van der Waals surface area contributed by atoms with Gasteiger partial charge in [-0.15, -0.1) is 10.2 Å². The lowest BCUT2D eigenvalue weighted by Crippen LogP contribution is -2.49. The molecule has 1 aromatic rings. The summed E-state index contributed by atoms with van der Waals surface area (Å²) in [5.74, 6) is 0.165. The second kappa shape index (κ2) is 3.73. The first-order chi connectivity index (χ1) is 7.09. The maximum atomic E-state index is 12.8. The van der Waals surface area contributed by atoms with Crippen molar-refractivity contribution in [1.82, 2.24) is 14.8 Å². The molecule has 0 aromatic carbocycles. The lowest BCUT2D eigenvalue weighted by Gasteiger charge is -2.28. The van der Waals surface area contributed by atoms with Gasteiger partial charge in [0.25, 0.3) is 0 Å². The summed E-state index contributed by atoms with van der Waals surface area (Å²) in [5, 5.41) is 7.19. The van der Waals surface area contributed by atoms with Crippen molar-refractivity contribution in [3.05, 3.63) is 11.6 Å². The maximum Gasteiger partial charge on any atom is 0.413 e. The van der Waals surface area contributed by atoms with Crippen molar-refractivity contribution in [2.24, 2.45) is 5.73 Å². The molecule has 1 unspecified atom stereocenters. The zero-order valence-corrected chi connectivity index (χ0v) is 9.63. The summed E-state index contributed by atoms with van der Waals surface area (Å²) >= 11 is 0. The van der Waals surface area contributed by atoms with Crippen molar-refractivity contribution >= 4 is 0 Å². The molecule has 16 heavy (non-hydrogen) atoms. The first-order valence-electron chi connectivity index (χ1n) is 4.86. The van der Waals surface area contributed by atoms with Crippen molar-refractivity contribution in [2.75, 3.05) is 0 Å². The zero-order valence-electron chi connectivity index (χ0n) is 9.63. The standard InChI is InChI=1S/C9H15F3N4/c1-5(2)16-6(3)14-15-7(16)8(4,13)9(10,11)12/h5H,13H2,1-4H3. The van der Waals surface area contributed by atoms with Crippen molar-refractivity contribution in [2.45, 2.75) is 45.5 Å². The smallest absolute Gasteiger partial charge is 0.311 e. The fourth-order valence-electron chi connectivity index (χ4n) is 1.47. The van der Waals surface area contributed by atoms with Gasteiger partial charge in [-0.3, -0.25) is 0 Å². The third-order valence-electron chi connectivity index (χ3n) is 2.44. The summed E-state index contributed by atoms with van der Waals surface area (Å²) in [6.07, 6.45) is -4.56. The molecule has 0 saturated heterocycles. The number of hydrogen-bond acceptors (Lipinski definition) is 3. The van der Waals surface area contributed by atoms with Crippen molar-refractivity contribution < 1.29 is 13.2 Å². The average molecular weight is 236 g/mol. The normalized spacial score (nSPS) is 16.6. The van der Waals surface area contributed by atoms with Crippen molar-refractivity contribution in [3.63, 3.8) is 0 Å². The molecule has 2 N–H and O–H groups in total. The Morgan fingerprint density at radius 3 is 2.12 bits per heavy atom. The van der Waals surface area contributed by atoms with Crippen LogP contribution in [0, 0.1) is 6.92 Å². The van der Waals surface area contributed by atoms with E-state index in [9.17, 15) is 13.2 Å². The largest absolute Gasteiger partial charge is 0.413 e. The van der Waals surface area contributed by atoms with Gasteiger partial charge < -0.3 is 10.3 Å². The number of nitrogens with zero attached hydrogens (tertiary/aromatic N) is 3. The molecule has 7 heteroatoms. The van der Waals surface area contributed by atoms with Crippen LogP contribution < -0.4 is 5.73 Å². The first-order valence-corrected chi connectivity index (χ1v) is 4.86. The quantitative estimate of drug-likeness (QED) is 0.853. The Morgan fingerprint density at radius 2 is 1.75 bits per heavy atom. The van der Waals surface area contributed by atoms with Gasteiger partial charge in [-0.2, -0.15) is 13.2 Å². The predicted molar refractivity (Wildman–Crippen MR) is 52.7 cm³/mol. The van der Waals surface area contributed by atoms with Crippen LogP contribution in [0.15, 0.2) is 0 Å². The number of halogens is 3. The van der Waals surface area contributed by atoms with Crippen LogP contribution in [-0.2, 0) is 5.54 Å². The van der Waals surface area contributed by atoms with Crippen LogP contribution in [-0.4, -0.2) is 20.9 Å². The molecule has 1 heterocycles. The second-order valence-corrected chi connectivity index (χ2v) is 4.23. The van der Waals surface area contributed by atoms with E-state index in [0.29, 0.717) is 5.82 Å². The Kier molecular flexibility index (Phi) is 3.02. The van der Waals surface area contributed by atoms with E-state index in [2.05, 4.69) is 10.2 Å². The molecule has 1 atom stereocenters. The molecule has 4 nitrogen and oxygen atoms in total. The summed E-state index contributed by atoms with van der Waals surface area (Å²) in [6, 6.07) is -0.171. The first kappa shape index (κ1) is 13.0. The fraction of sp³-hybridized carbons (Fsp3) is 0.778. The average Bonchev–Trinajstić information content (AvgIpc) is 2.45. The highest BCUT2D eigenvalue weighted by molar-refractivity contribution is 5.10. The molecule has 0 radical (unpaired) electrons. The highest BCUT2D eigenvalue weighted by Crippen LogP contribution is 2.36. The van der Waals surface area contributed by atoms with Gasteiger partial charge in [0.1, 0.15) is 5.82 Å². The molecule has 92 valence electrons. The lowest BCUT2D eigenvalue weighted by atomic mass is 10.0. The van der Waals surface area contributed by atoms with E-state index in [1.54, 1.807) is 20.8 Å². The monoisotopic (exact) mass is 236 g/mol. The molecule has 0 aliphatic heterocycles. The number of hydrogen-bond donors (Lipinski definition) is 1. The van der Waals surface area contributed by atoms with Gasteiger partial charge in [0.05, 0.1) is 0 Å². The molecule has 0 amide bonds. The molecule has 0 aliphatic carbocycles. The minimum Gasteiger partial charge on any atom is -0.311 e. The number of alkyl halides is 3. The van der Waals surface area contributed by atoms with Crippen LogP contribution >= 0.6 is 0 Å². The Morgan fingerprint density at radius 1 is 1.25 bits per heavy atom. The number of aryl methyl sites for hydroxylation is 1. The SMILES string of the molecule is Cc1nnc(C(C)(N)C(F)(F)F)n1C(C)C. The zero-order chi connectivity index (χ0) is 12.7. The minimum absolute atomic E-state index is 0.171. The van der Waals surface area contributed by atoms with Crippen molar-refractivity contribution in [3.8, 4) is 0 Å². The van der Waals surface area contributed by atoms with Crippen LogP contribution in [0.25, 0.3) is 0 Å². The van der Waals surface area contributed by atoms with Gasteiger partial charge >= 0.3 is 6.18 Å². The van der Waals surface area contributed by atoms with Crippen LogP contribution in [0.1, 0.15) is 38.5 Å². The summed E-state index contributed by atoms with van der Waals surface area (Å²) < 4.78 is 39.7. The molecule has 1 aromatic heterocycles. The fourth-order valence-corrected chi connectivity index (χ4v) is 1.47. The van der Waals surface area contributed by atoms with E-state index in [4.69, 9.17) is 5.73 Å². The Bertz CT molecular complexity index is 379. The molecule has 1 rings (SSSR count). The Labute approximate surface area is 91.6 Å². The van der Waals surface area contributed by atoms with Crippen LogP contribution in [0.3, 0.4) is 0 Å². The maximum absolute atomic E-state index is 12.8. The molecular weight excluding hydrogens is 221 g/mol. The van der Waals surface area contributed by atoms with E-state index in [-0.39, 0.29) is 11.9 Å². The minimum atomic E-state index is -4.56. The Hall–Kier alpha value is -1.11. The number of nitrogens with two attached hydrogens (primary N) is 1.